The van der Waals surface area contributed by atoms with Crippen LogP contribution in [0.5, 0.6) is 0 Å². The maximum absolute atomic E-state index is 13.2. The number of nitrogens with one attached hydrogen (secondary N) is 2. The molecular formula is C25H25N5O2. The number of fused-ring (bicyclic) bond motifs is 1. The fourth-order valence-corrected chi connectivity index (χ4v) is 3.79. The Labute approximate surface area is 186 Å². The van der Waals surface area contributed by atoms with E-state index in [0.717, 1.165) is 23.4 Å². The maximum Gasteiger partial charge on any atom is 0.256 e. The Bertz CT molecular complexity index is 1290. The molecule has 2 heterocycles. The van der Waals surface area contributed by atoms with E-state index in [4.69, 9.17) is 0 Å². The lowest BCUT2D eigenvalue weighted by Crippen LogP contribution is -2.27. The molecule has 32 heavy (non-hydrogen) atoms. The van der Waals surface area contributed by atoms with Crippen molar-refractivity contribution in [2.24, 2.45) is 7.05 Å². The topological polar surface area (TPSA) is 88.9 Å². The molecule has 2 aromatic heterocycles. The van der Waals surface area contributed by atoms with Crippen LogP contribution in [0.15, 0.2) is 60.7 Å². The van der Waals surface area contributed by atoms with E-state index in [-0.39, 0.29) is 11.8 Å². The van der Waals surface area contributed by atoms with E-state index in [1.165, 1.54) is 0 Å². The lowest BCUT2D eigenvalue weighted by molar-refractivity contribution is 0.0955. The maximum atomic E-state index is 13.2. The highest BCUT2D eigenvalue weighted by Crippen LogP contribution is 2.24. The van der Waals surface area contributed by atoms with Crippen molar-refractivity contribution in [1.82, 2.24) is 20.1 Å². The number of hydrogen-bond donors (Lipinski definition) is 2. The molecule has 7 nitrogen and oxygen atoms in total. The number of benzene rings is 2. The number of carbonyl (C=O) groups excluding carboxylic acids is 2. The van der Waals surface area contributed by atoms with Gasteiger partial charge in [-0.15, -0.1) is 0 Å². The van der Waals surface area contributed by atoms with Gasteiger partial charge in [0.25, 0.3) is 11.8 Å². The molecule has 4 aromatic rings. The van der Waals surface area contributed by atoms with Crippen molar-refractivity contribution in [3.8, 4) is 0 Å². The van der Waals surface area contributed by atoms with Crippen LogP contribution >= 0.6 is 0 Å². The quantitative estimate of drug-likeness (QED) is 0.490. The van der Waals surface area contributed by atoms with E-state index in [9.17, 15) is 9.59 Å². The average molecular weight is 428 g/mol. The van der Waals surface area contributed by atoms with Crippen LogP contribution in [-0.4, -0.2) is 33.1 Å². The number of rotatable bonds is 6. The Kier molecular flexibility index (Phi) is 5.98. The van der Waals surface area contributed by atoms with E-state index in [1.54, 1.807) is 42.1 Å². The molecule has 2 aromatic carbocycles. The van der Waals surface area contributed by atoms with Gasteiger partial charge in [0.1, 0.15) is 0 Å². The minimum Gasteiger partial charge on any atom is -0.352 e. The molecule has 0 radical (unpaired) electrons. The van der Waals surface area contributed by atoms with Crippen LogP contribution in [0.3, 0.4) is 0 Å². The summed E-state index contributed by atoms with van der Waals surface area (Å²) in [7, 11) is 1.80. The fraction of sp³-hybridized carbons (Fsp3) is 0.200. The van der Waals surface area contributed by atoms with Gasteiger partial charge in [0.15, 0.2) is 5.65 Å². The Hall–Kier alpha value is -4.00. The van der Waals surface area contributed by atoms with Gasteiger partial charge in [0.2, 0.25) is 0 Å². The van der Waals surface area contributed by atoms with Crippen molar-refractivity contribution < 1.29 is 9.59 Å². The first-order valence-electron chi connectivity index (χ1n) is 10.5. The largest absolute Gasteiger partial charge is 0.352 e. The third-order valence-electron chi connectivity index (χ3n) is 5.30. The zero-order valence-corrected chi connectivity index (χ0v) is 18.3. The van der Waals surface area contributed by atoms with Crippen LogP contribution in [0.1, 0.15) is 37.7 Å². The minimum atomic E-state index is -0.305. The zero-order valence-electron chi connectivity index (χ0n) is 18.3. The second kappa shape index (κ2) is 9.01. The van der Waals surface area contributed by atoms with Crippen molar-refractivity contribution in [1.29, 1.82) is 0 Å². The predicted octanol–water partition coefficient (Wildman–Crippen LogP) is 3.81. The van der Waals surface area contributed by atoms with Gasteiger partial charge in [0.05, 0.1) is 27.9 Å². The highest BCUT2D eigenvalue weighted by atomic mass is 16.2. The molecule has 0 aliphatic heterocycles. The van der Waals surface area contributed by atoms with Gasteiger partial charge >= 0.3 is 0 Å². The molecule has 2 N–H and O–H groups in total. The summed E-state index contributed by atoms with van der Waals surface area (Å²) in [5, 5.41) is 11.0. The third kappa shape index (κ3) is 4.37. The number of nitrogens with zero attached hydrogens (tertiary/aromatic N) is 3. The number of anilines is 1. The van der Waals surface area contributed by atoms with Gasteiger partial charge in [-0.05, 0) is 44.0 Å². The molecule has 0 spiro atoms. The van der Waals surface area contributed by atoms with Gasteiger partial charge in [0, 0.05) is 19.3 Å². The van der Waals surface area contributed by atoms with Gasteiger partial charge < -0.3 is 10.6 Å². The summed E-state index contributed by atoms with van der Waals surface area (Å²) in [5.41, 5.74) is 4.61. The molecule has 0 saturated carbocycles. The van der Waals surface area contributed by atoms with Crippen molar-refractivity contribution in [2.45, 2.75) is 20.3 Å². The third-order valence-corrected chi connectivity index (χ3v) is 5.30. The van der Waals surface area contributed by atoms with Gasteiger partial charge in [-0.2, -0.15) is 5.10 Å². The molecule has 0 unspecified atom stereocenters. The number of carbonyl (C=O) groups is 2. The van der Waals surface area contributed by atoms with Crippen LogP contribution in [-0.2, 0) is 13.5 Å². The smallest absolute Gasteiger partial charge is 0.256 e. The number of hydrogen-bond acceptors (Lipinski definition) is 4. The van der Waals surface area contributed by atoms with Crippen LogP contribution in [0.25, 0.3) is 11.0 Å². The Morgan fingerprint density at radius 3 is 2.44 bits per heavy atom. The second-order valence-electron chi connectivity index (χ2n) is 7.71. The lowest BCUT2D eigenvalue weighted by Gasteiger charge is -2.12. The van der Waals surface area contributed by atoms with E-state index in [2.05, 4.69) is 20.7 Å². The van der Waals surface area contributed by atoms with E-state index >= 15 is 0 Å². The Morgan fingerprint density at radius 2 is 1.66 bits per heavy atom. The molecule has 0 atom stereocenters. The first-order valence-corrected chi connectivity index (χ1v) is 10.5. The van der Waals surface area contributed by atoms with E-state index in [1.807, 2.05) is 44.2 Å². The fourth-order valence-electron chi connectivity index (χ4n) is 3.79. The summed E-state index contributed by atoms with van der Waals surface area (Å²) in [6.07, 6.45) is 0.732. The van der Waals surface area contributed by atoms with Crippen LogP contribution in [0.2, 0.25) is 0 Å². The monoisotopic (exact) mass is 427 g/mol. The van der Waals surface area contributed by atoms with E-state index < -0.39 is 0 Å². The van der Waals surface area contributed by atoms with Crippen LogP contribution in [0.4, 0.5) is 5.69 Å². The summed E-state index contributed by atoms with van der Waals surface area (Å²) in [4.78, 5) is 30.5. The lowest BCUT2D eigenvalue weighted by atomic mass is 10.1. The highest BCUT2D eigenvalue weighted by Gasteiger charge is 2.19. The molecule has 0 aliphatic rings. The molecule has 162 valence electrons. The van der Waals surface area contributed by atoms with Crippen molar-refractivity contribution in [3.63, 3.8) is 0 Å². The van der Waals surface area contributed by atoms with Crippen molar-refractivity contribution in [3.05, 3.63) is 88.7 Å². The molecule has 7 heteroatoms. The van der Waals surface area contributed by atoms with Crippen molar-refractivity contribution >= 4 is 28.5 Å². The summed E-state index contributed by atoms with van der Waals surface area (Å²) in [5.74, 6) is -0.536. The number of aryl methyl sites for hydroxylation is 3. The molecule has 0 fully saturated rings. The molecule has 4 rings (SSSR count). The summed E-state index contributed by atoms with van der Waals surface area (Å²) in [6.45, 7) is 4.20. The standard InChI is InChI=1S/C25H25N5O2/c1-16-15-20(22-17(2)29-30(3)23(22)27-16)25(32)28-21-12-8-7-11-19(21)24(31)26-14-13-18-9-5-4-6-10-18/h4-12,15H,13-14H2,1-3H3,(H,26,31)(H,28,32). The summed E-state index contributed by atoms with van der Waals surface area (Å²) < 4.78 is 1.67. The van der Waals surface area contributed by atoms with Crippen LogP contribution < -0.4 is 10.6 Å². The second-order valence-corrected chi connectivity index (χ2v) is 7.71. The number of pyridine rings is 1. The molecule has 2 amide bonds. The highest BCUT2D eigenvalue weighted by molar-refractivity contribution is 6.14. The van der Waals surface area contributed by atoms with Gasteiger partial charge in [-0.3, -0.25) is 14.3 Å². The van der Waals surface area contributed by atoms with Gasteiger partial charge in [-0.1, -0.05) is 42.5 Å². The molecule has 0 aliphatic carbocycles. The Balaban J connectivity index is 1.54. The summed E-state index contributed by atoms with van der Waals surface area (Å²) >= 11 is 0. The number of amides is 2. The molecule has 0 saturated heterocycles. The van der Waals surface area contributed by atoms with Gasteiger partial charge in [-0.25, -0.2) is 4.98 Å². The summed E-state index contributed by atoms with van der Waals surface area (Å²) in [6, 6.07) is 18.7. The van der Waals surface area contributed by atoms with E-state index in [0.29, 0.717) is 34.4 Å². The molecular weight excluding hydrogens is 402 g/mol. The SMILES string of the molecule is Cc1cc(C(=O)Nc2ccccc2C(=O)NCCc2ccccc2)c2c(C)nn(C)c2n1. The minimum absolute atomic E-state index is 0.231. The Morgan fingerprint density at radius 1 is 0.938 bits per heavy atom. The number of aromatic nitrogens is 3. The van der Waals surface area contributed by atoms with Crippen molar-refractivity contribution in [2.75, 3.05) is 11.9 Å². The van der Waals surface area contributed by atoms with Crippen LogP contribution in [0, 0.1) is 13.8 Å². The molecule has 0 bridgehead atoms. The zero-order chi connectivity index (χ0) is 22.7. The number of para-hydroxylation sites is 1. The average Bonchev–Trinajstić information content (AvgIpc) is 3.07. The first kappa shape index (κ1) is 21.2. The predicted molar refractivity (Wildman–Crippen MR) is 125 cm³/mol. The normalized spacial score (nSPS) is 10.8. The first-order chi connectivity index (χ1) is 15.4.